The lowest BCUT2D eigenvalue weighted by Crippen LogP contribution is -2.14. The zero-order chi connectivity index (χ0) is 18.9. The maximum atomic E-state index is 9.49. The van der Waals surface area contributed by atoms with Crippen molar-refractivity contribution in [1.82, 2.24) is 9.27 Å². The summed E-state index contributed by atoms with van der Waals surface area (Å²) in [6.07, 6.45) is 3.41. The van der Waals surface area contributed by atoms with Gasteiger partial charge in [0.2, 0.25) is 5.06 Å². The lowest BCUT2D eigenvalue weighted by molar-refractivity contribution is 0.494. The van der Waals surface area contributed by atoms with Crippen molar-refractivity contribution in [3.63, 3.8) is 0 Å². The molecule has 136 valence electrons. The van der Waals surface area contributed by atoms with Crippen LogP contribution in [0.3, 0.4) is 0 Å². The SMILES string of the molecule is CCN(C)/C=N\c1cc(Cl)c(Oc2snc(C3(Cl)CC3)c2C#N)cc1C. The lowest BCUT2D eigenvalue weighted by atomic mass is 10.2. The van der Waals surface area contributed by atoms with Crippen molar-refractivity contribution >= 4 is 46.8 Å². The van der Waals surface area contributed by atoms with Gasteiger partial charge < -0.3 is 9.64 Å². The molecule has 0 amide bonds. The van der Waals surface area contributed by atoms with Crippen LogP contribution in [0, 0.1) is 18.3 Å². The Bertz CT molecular complexity index is 899. The van der Waals surface area contributed by atoms with E-state index in [1.165, 1.54) is 0 Å². The number of halogens is 2. The number of nitriles is 1. The molecule has 2 aromatic rings. The fourth-order valence-electron chi connectivity index (χ4n) is 2.30. The number of hydrogen-bond acceptors (Lipinski definition) is 5. The largest absolute Gasteiger partial charge is 0.442 e. The van der Waals surface area contributed by atoms with Crippen LogP contribution in [0.25, 0.3) is 0 Å². The van der Waals surface area contributed by atoms with Crippen LogP contribution < -0.4 is 4.74 Å². The van der Waals surface area contributed by atoms with E-state index in [9.17, 15) is 5.26 Å². The minimum Gasteiger partial charge on any atom is -0.442 e. The summed E-state index contributed by atoms with van der Waals surface area (Å²) in [5.41, 5.74) is 2.69. The van der Waals surface area contributed by atoms with Gasteiger partial charge in [-0.25, -0.2) is 4.99 Å². The second-order valence-electron chi connectivity index (χ2n) is 6.26. The van der Waals surface area contributed by atoms with Gasteiger partial charge in [0.05, 0.1) is 27.6 Å². The van der Waals surface area contributed by atoms with Crippen LogP contribution in [-0.4, -0.2) is 29.2 Å². The van der Waals surface area contributed by atoms with E-state index in [2.05, 4.69) is 15.4 Å². The quantitative estimate of drug-likeness (QED) is 0.354. The third-order valence-electron chi connectivity index (χ3n) is 4.23. The fraction of sp³-hybridized carbons (Fsp3) is 0.389. The van der Waals surface area contributed by atoms with Gasteiger partial charge in [-0.1, -0.05) is 11.6 Å². The van der Waals surface area contributed by atoms with E-state index in [4.69, 9.17) is 27.9 Å². The Labute approximate surface area is 167 Å². The number of nitrogens with zero attached hydrogens (tertiary/aromatic N) is 4. The van der Waals surface area contributed by atoms with Crippen LogP contribution in [0.4, 0.5) is 5.69 Å². The van der Waals surface area contributed by atoms with E-state index < -0.39 is 4.87 Å². The first-order chi connectivity index (χ1) is 12.4. The van der Waals surface area contributed by atoms with Gasteiger partial charge in [-0.3, -0.25) is 0 Å². The Morgan fingerprint density at radius 2 is 2.23 bits per heavy atom. The molecule has 0 spiro atoms. The maximum absolute atomic E-state index is 9.49. The van der Waals surface area contributed by atoms with Crippen molar-refractivity contribution in [2.24, 2.45) is 4.99 Å². The highest BCUT2D eigenvalue weighted by atomic mass is 35.5. The summed E-state index contributed by atoms with van der Waals surface area (Å²) in [5, 5.41) is 10.3. The molecule has 1 aromatic heterocycles. The summed E-state index contributed by atoms with van der Waals surface area (Å²) in [7, 11) is 1.95. The van der Waals surface area contributed by atoms with E-state index >= 15 is 0 Å². The number of aryl methyl sites for hydroxylation is 1. The fourth-order valence-corrected chi connectivity index (χ4v) is 3.58. The third kappa shape index (κ3) is 3.80. The Morgan fingerprint density at radius 1 is 1.50 bits per heavy atom. The maximum Gasteiger partial charge on any atom is 0.218 e. The van der Waals surface area contributed by atoms with E-state index in [-0.39, 0.29) is 0 Å². The van der Waals surface area contributed by atoms with Crippen molar-refractivity contribution in [2.75, 3.05) is 13.6 Å². The molecule has 3 rings (SSSR count). The summed E-state index contributed by atoms with van der Waals surface area (Å²) >= 11 is 13.9. The molecule has 0 unspecified atom stereocenters. The van der Waals surface area contributed by atoms with Gasteiger partial charge in [-0.15, -0.1) is 11.6 Å². The van der Waals surface area contributed by atoms with Crippen LogP contribution in [0.1, 0.15) is 36.6 Å². The Balaban J connectivity index is 1.87. The molecule has 0 atom stereocenters. The highest BCUT2D eigenvalue weighted by Crippen LogP contribution is 2.54. The zero-order valence-corrected chi connectivity index (χ0v) is 17.0. The Kier molecular flexibility index (Phi) is 5.42. The summed E-state index contributed by atoms with van der Waals surface area (Å²) < 4.78 is 10.2. The molecule has 1 heterocycles. The standard InChI is InChI=1S/C18H18Cl2N4OS/c1-4-24(3)10-22-14-8-13(19)15(7-11(14)2)25-17-12(9-21)16(23-26-17)18(20)5-6-18/h7-8,10H,4-6H2,1-3H3/b22-10-. The number of rotatable bonds is 6. The first-order valence-corrected chi connectivity index (χ1v) is 9.72. The second-order valence-corrected chi connectivity index (χ2v) is 8.13. The molecule has 0 bridgehead atoms. The Hall–Kier alpha value is -1.81. The van der Waals surface area contributed by atoms with E-state index in [0.29, 0.717) is 27.1 Å². The average Bonchev–Trinajstić information content (AvgIpc) is 3.23. The minimum atomic E-state index is -0.507. The summed E-state index contributed by atoms with van der Waals surface area (Å²) in [6.45, 7) is 4.85. The van der Waals surface area contributed by atoms with Crippen molar-refractivity contribution < 1.29 is 4.74 Å². The highest BCUT2D eigenvalue weighted by molar-refractivity contribution is 7.08. The molecule has 8 heteroatoms. The van der Waals surface area contributed by atoms with Crippen LogP contribution in [0.5, 0.6) is 10.8 Å². The van der Waals surface area contributed by atoms with E-state index in [1.807, 2.05) is 31.9 Å². The summed E-state index contributed by atoms with van der Waals surface area (Å²) in [4.78, 5) is 5.91. The van der Waals surface area contributed by atoms with Crippen molar-refractivity contribution in [3.05, 3.63) is 34.0 Å². The lowest BCUT2D eigenvalue weighted by Gasteiger charge is -2.11. The van der Waals surface area contributed by atoms with Gasteiger partial charge in [0.25, 0.3) is 0 Å². The number of aliphatic imine (C=N–C) groups is 1. The second kappa shape index (κ2) is 7.43. The van der Waals surface area contributed by atoms with Gasteiger partial charge in [0.15, 0.2) is 0 Å². The van der Waals surface area contributed by atoms with Gasteiger partial charge in [-0.2, -0.15) is 9.64 Å². The minimum absolute atomic E-state index is 0.392. The topological polar surface area (TPSA) is 61.5 Å². The van der Waals surface area contributed by atoms with E-state index in [0.717, 1.165) is 42.2 Å². The molecule has 0 radical (unpaired) electrons. The predicted octanol–water partition coefficient (Wildman–Crippen LogP) is 5.61. The van der Waals surface area contributed by atoms with Crippen LogP contribution >= 0.6 is 34.7 Å². The average molecular weight is 409 g/mol. The van der Waals surface area contributed by atoms with Gasteiger partial charge in [0, 0.05) is 25.1 Å². The van der Waals surface area contributed by atoms with Crippen LogP contribution in [-0.2, 0) is 4.87 Å². The van der Waals surface area contributed by atoms with Crippen molar-refractivity contribution in [3.8, 4) is 16.9 Å². The molecule has 0 aliphatic heterocycles. The van der Waals surface area contributed by atoms with Gasteiger partial charge in [0.1, 0.15) is 17.4 Å². The molecule has 5 nitrogen and oxygen atoms in total. The molecule has 1 aliphatic carbocycles. The predicted molar refractivity (Wildman–Crippen MR) is 106 cm³/mol. The molecule has 1 fully saturated rings. The summed E-state index contributed by atoms with van der Waals surface area (Å²) in [5.74, 6) is 0.470. The molecule has 1 aromatic carbocycles. The zero-order valence-electron chi connectivity index (χ0n) is 14.7. The first-order valence-electron chi connectivity index (χ1n) is 8.19. The van der Waals surface area contributed by atoms with Crippen LogP contribution in [0.2, 0.25) is 5.02 Å². The third-order valence-corrected chi connectivity index (χ3v) is 5.81. The highest BCUT2D eigenvalue weighted by Gasteiger charge is 2.47. The molecule has 0 N–H and O–H groups in total. The number of aromatic nitrogens is 1. The number of ether oxygens (including phenoxy) is 1. The molecule has 0 saturated heterocycles. The molecular weight excluding hydrogens is 391 g/mol. The molecule has 26 heavy (non-hydrogen) atoms. The normalized spacial score (nSPS) is 15.1. The first kappa shape index (κ1) is 19.0. The number of hydrogen-bond donors (Lipinski definition) is 0. The molecular formula is C18H18Cl2N4OS. The summed E-state index contributed by atoms with van der Waals surface area (Å²) in [6, 6.07) is 5.73. The van der Waals surface area contributed by atoms with Gasteiger partial charge >= 0.3 is 0 Å². The number of benzene rings is 1. The molecule has 1 aliphatic rings. The smallest absolute Gasteiger partial charge is 0.218 e. The van der Waals surface area contributed by atoms with Crippen molar-refractivity contribution in [2.45, 2.75) is 31.6 Å². The molecule has 1 saturated carbocycles. The van der Waals surface area contributed by atoms with Gasteiger partial charge in [-0.05, 0) is 44.4 Å². The van der Waals surface area contributed by atoms with Crippen LogP contribution in [0.15, 0.2) is 17.1 Å². The van der Waals surface area contributed by atoms with E-state index in [1.54, 1.807) is 12.4 Å². The number of alkyl halides is 1. The Morgan fingerprint density at radius 3 is 2.85 bits per heavy atom. The monoisotopic (exact) mass is 408 g/mol. The van der Waals surface area contributed by atoms with Crippen molar-refractivity contribution in [1.29, 1.82) is 5.26 Å².